The highest BCUT2D eigenvalue weighted by Crippen LogP contribution is 2.17. The molecule has 0 radical (unpaired) electrons. The summed E-state index contributed by atoms with van der Waals surface area (Å²) in [6.45, 7) is -0.307. The Hall–Kier alpha value is -2.24. The van der Waals surface area contributed by atoms with Crippen LogP contribution in [-0.2, 0) is 19.2 Å². The van der Waals surface area contributed by atoms with E-state index in [9.17, 15) is 14.4 Å². The van der Waals surface area contributed by atoms with Crippen molar-refractivity contribution in [2.75, 3.05) is 24.9 Å². The van der Waals surface area contributed by atoms with E-state index in [0.717, 1.165) is 11.3 Å². The average Bonchev–Trinajstić information content (AvgIpc) is 3.02. The van der Waals surface area contributed by atoms with Gasteiger partial charge in [-0.3, -0.25) is 14.4 Å². The number of oxime groups is 1. The lowest BCUT2D eigenvalue weighted by atomic mass is 9.99. The van der Waals surface area contributed by atoms with E-state index in [1.807, 2.05) is 0 Å². The number of rotatable bonds is 7. The fraction of sp³-hybridized carbons (Fsp3) is 0.417. The Morgan fingerprint density at radius 1 is 1.58 bits per heavy atom. The van der Waals surface area contributed by atoms with Crippen LogP contribution in [0.25, 0.3) is 0 Å². The summed E-state index contributed by atoms with van der Waals surface area (Å²) in [5.41, 5.74) is -0.0129. The van der Waals surface area contributed by atoms with Gasteiger partial charge in [-0.15, -0.1) is 22.9 Å². The van der Waals surface area contributed by atoms with Gasteiger partial charge in [0.05, 0.1) is 12.6 Å². The van der Waals surface area contributed by atoms with Crippen LogP contribution in [0.3, 0.4) is 0 Å². The molecule has 1 aromatic heterocycles. The molecule has 2 atom stereocenters. The number of carbonyl (C=O) groups is 3. The van der Waals surface area contributed by atoms with Crippen molar-refractivity contribution in [3.05, 3.63) is 11.1 Å². The highest BCUT2D eigenvalue weighted by molar-refractivity contribution is 7.14. The first-order chi connectivity index (χ1) is 11.5. The summed E-state index contributed by atoms with van der Waals surface area (Å²) >= 11 is 6.46. The van der Waals surface area contributed by atoms with E-state index in [-0.39, 0.29) is 29.0 Å². The molecule has 24 heavy (non-hydrogen) atoms. The van der Waals surface area contributed by atoms with E-state index in [4.69, 9.17) is 16.7 Å². The Balaban J connectivity index is 2.11. The zero-order valence-corrected chi connectivity index (χ0v) is 14.0. The minimum atomic E-state index is -0.862. The molecule has 0 unspecified atom stereocenters. The Morgan fingerprint density at radius 2 is 2.33 bits per heavy atom. The molecule has 1 fully saturated rings. The maximum Gasteiger partial charge on any atom is 0.276 e. The van der Waals surface area contributed by atoms with Crippen LogP contribution in [0.15, 0.2) is 10.5 Å². The number of aliphatic hydroxyl groups excluding tert-OH is 1. The van der Waals surface area contributed by atoms with Crippen molar-refractivity contribution in [2.45, 2.75) is 12.1 Å². The first-order valence-electron chi connectivity index (χ1n) is 6.65. The molecule has 0 aromatic carbocycles. The number of carbonyl (C=O) groups excluding carboxylic acids is 3. The number of amides is 3. The number of β-lactam (4-membered cyclic amide) rings is 1. The van der Waals surface area contributed by atoms with Crippen LogP contribution in [0.5, 0.6) is 0 Å². The van der Waals surface area contributed by atoms with Gasteiger partial charge < -0.3 is 25.9 Å². The quantitative estimate of drug-likeness (QED) is 0.201. The van der Waals surface area contributed by atoms with Crippen LogP contribution >= 0.6 is 22.9 Å². The lowest BCUT2D eigenvalue weighted by molar-refractivity contribution is -0.135. The van der Waals surface area contributed by atoms with Gasteiger partial charge in [0.15, 0.2) is 10.8 Å². The summed E-state index contributed by atoms with van der Waals surface area (Å²) in [5.74, 6) is -1.78. The molecule has 1 aliphatic rings. The molecule has 1 aromatic rings. The number of nitrogens with zero attached hydrogens (tertiary/aromatic N) is 2. The molecule has 0 aliphatic carbocycles. The fourth-order valence-corrected chi connectivity index (χ4v) is 2.64. The number of hydrogen-bond donors (Lipinski definition) is 4. The van der Waals surface area contributed by atoms with E-state index in [1.165, 1.54) is 12.5 Å². The summed E-state index contributed by atoms with van der Waals surface area (Å²) in [5, 5.41) is 21.7. The van der Waals surface area contributed by atoms with Crippen molar-refractivity contribution in [1.29, 1.82) is 0 Å². The Labute approximate surface area is 145 Å². The van der Waals surface area contributed by atoms with Crippen molar-refractivity contribution < 1.29 is 24.3 Å². The van der Waals surface area contributed by atoms with Gasteiger partial charge in [-0.2, -0.15) is 0 Å². The summed E-state index contributed by atoms with van der Waals surface area (Å²) in [6.07, 6.45) is 0. The van der Waals surface area contributed by atoms with E-state index in [2.05, 4.69) is 30.9 Å². The summed E-state index contributed by atoms with van der Waals surface area (Å²) in [4.78, 5) is 43.7. The normalized spacial score (nSPS) is 20.0. The SMILES string of the molecule is CON=C(C(=O)N[C@@H]1C(=O)N[C@@H]1CO)c1csc(NC(=O)CCl)n1. The second-order valence-electron chi connectivity index (χ2n) is 4.59. The Morgan fingerprint density at radius 3 is 2.92 bits per heavy atom. The van der Waals surface area contributed by atoms with Crippen LogP contribution in [0, 0.1) is 0 Å². The van der Waals surface area contributed by atoms with E-state index < -0.39 is 29.8 Å². The van der Waals surface area contributed by atoms with E-state index >= 15 is 0 Å². The number of aromatic nitrogens is 1. The molecular formula is C12H14ClN5O5S. The van der Waals surface area contributed by atoms with Gasteiger partial charge in [-0.1, -0.05) is 5.16 Å². The third-order valence-corrected chi connectivity index (χ3v) is 4.01. The summed E-state index contributed by atoms with van der Waals surface area (Å²) in [7, 11) is 1.25. The molecule has 0 bridgehead atoms. The molecular weight excluding hydrogens is 362 g/mol. The molecule has 3 amide bonds. The smallest absolute Gasteiger partial charge is 0.276 e. The summed E-state index contributed by atoms with van der Waals surface area (Å²) < 4.78 is 0. The second-order valence-corrected chi connectivity index (χ2v) is 5.72. The fourth-order valence-electron chi connectivity index (χ4n) is 1.86. The predicted molar refractivity (Wildman–Crippen MR) is 86.0 cm³/mol. The van der Waals surface area contributed by atoms with Crippen molar-refractivity contribution in [1.82, 2.24) is 15.6 Å². The third-order valence-electron chi connectivity index (χ3n) is 3.01. The molecule has 2 rings (SSSR count). The Kier molecular flexibility index (Phi) is 6.06. The molecule has 0 saturated carbocycles. The largest absolute Gasteiger partial charge is 0.398 e. The van der Waals surface area contributed by atoms with Gasteiger partial charge in [0, 0.05) is 5.38 Å². The minimum Gasteiger partial charge on any atom is -0.398 e. The lowest BCUT2D eigenvalue weighted by Crippen LogP contribution is -2.70. The van der Waals surface area contributed by atoms with E-state index in [1.54, 1.807) is 0 Å². The monoisotopic (exact) mass is 375 g/mol. The zero-order valence-electron chi connectivity index (χ0n) is 12.4. The minimum absolute atomic E-state index is 0.157. The molecule has 12 heteroatoms. The van der Waals surface area contributed by atoms with Crippen molar-refractivity contribution in [2.24, 2.45) is 5.16 Å². The van der Waals surface area contributed by atoms with Crippen molar-refractivity contribution in [3.8, 4) is 0 Å². The molecule has 2 heterocycles. The first kappa shape index (κ1) is 18.1. The van der Waals surface area contributed by atoms with Crippen molar-refractivity contribution >= 4 is 51.5 Å². The van der Waals surface area contributed by atoms with Gasteiger partial charge in [-0.25, -0.2) is 4.98 Å². The number of thiazole rings is 1. The predicted octanol–water partition coefficient (Wildman–Crippen LogP) is -1.35. The average molecular weight is 376 g/mol. The van der Waals surface area contributed by atoms with Gasteiger partial charge in [0.1, 0.15) is 24.7 Å². The number of nitrogens with one attached hydrogen (secondary N) is 3. The molecule has 0 spiro atoms. The number of anilines is 1. The van der Waals surface area contributed by atoms with E-state index in [0.29, 0.717) is 0 Å². The molecule has 130 valence electrons. The van der Waals surface area contributed by atoms with Gasteiger partial charge in [-0.05, 0) is 0 Å². The van der Waals surface area contributed by atoms with Crippen LogP contribution in [-0.4, -0.2) is 65.2 Å². The van der Waals surface area contributed by atoms with Crippen LogP contribution in [0.1, 0.15) is 5.69 Å². The van der Waals surface area contributed by atoms with Gasteiger partial charge >= 0.3 is 0 Å². The van der Waals surface area contributed by atoms with Crippen molar-refractivity contribution in [3.63, 3.8) is 0 Å². The van der Waals surface area contributed by atoms with Crippen LogP contribution < -0.4 is 16.0 Å². The van der Waals surface area contributed by atoms with Gasteiger partial charge in [0.25, 0.3) is 5.91 Å². The highest BCUT2D eigenvalue weighted by Gasteiger charge is 2.40. The maximum atomic E-state index is 12.3. The molecule has 1 aliphatic heterocycles. The number of halogens is 1. The standard InChI is InChI=1S/C12H14ClN5O5S/c1-23-18-9(6-4-24-12(15-6)16-7(20)2-13)11(22)17-8-5(3-19)14-10(8)21/h4-5,8,19H,2-3H2,1H3,(H,14,21)(H,17,22)(H,15,16,20)/t5-,8+/m1/s1. The van der Waals surface area contributed by atoms with Crippen LogP contribution in [0.4, 0.5) is 5.13 Å². The zero-order chi connectivity index (χ0) is 17.7. The Bertz CT molecular complexity index is 679. The number of hydrogen-bond acceptors (Lipinski definition) is 8. The summed E-state index contributed by atoms with van der Waals surface area (Å²) in [6, 6.07) is -1.42. The molecule has 4 N–H and O–H groups in total. The van der Waals surface area contributed by atoms with Crippen LogP contribution in [0.2, 0.25) is 0 Å². The lowest BCUT2D eigenvalue weighted by Gasteiger charge is -2.35. The first-order valence-corrected chi connectivity index (χ1v) is 8.06. The molecule has 1 saturated heterocycles. The topological polar surface area (TPSA) is 142 Å². The maximum absolute atomic E-state index is 12.3. The number of alkyl halides is 1. The molecule has 10 nitrogen and oxygen atoms in total. The van der Waals surface area contributed by atoms with Gasteiger partial charge in [0.2, 0.25) is 11.8 Å². The third kappa shape index (κ3) is 3.99. The highest BCUT2D eigenvalue weighted by atomic mass is 35.5. The second kappa shape index (κ2) is 8.04. The number of aliphatic hydroxyl groups is 1.